The van der Waals surface area contributed by atoms with Crippen LogP contribution in [0.2, 0.25) is 5.02 Å². The van der Waals surface area contributed by atoms with E-state index < -0.39 is 0 Å². The van der Waals surface area contributed by atoms with Gasteiger partial charge in [-0.3, -0.25) is 9.36 Å². The molecular weight excluding hydrogens is 404 g/mol. The van der Waals surface area contributed by atoms with Crippen molar-refractivity contribution in [3.05, 3.63) is 81.4 Å². The molecule has 0 aliphatic carbocycles. The van der Waals surface area contributed by atoms with Gasteiger partial charge in [0.25, 0.3) is 0 Å². The number of rotatable bonds is 6. The molecule has 0 amide bonds. The van der Waals surface area contributed by atoms with E-state index in [0.717, 1.165) is 28.8 Å². The number of pyridine rings is 1. The summed E-state index contributed by atoms with van der Waals surface area (Å²) in [6.07, 6.45) is 0.838. The predicted octanol–water partition coefficient (Wildman–Crippen LogP) is 5.25. The van der Waals surface area contributed by atoms with Crippen molar-refractivity contribution >= 4 is 34.3 Å². The van der Waals surface area contributed by atoms with Gasteiger partial charge in [0.2, 0.25) is 0 Å². The van der Waals surface area contributed by atoms with E-state index in [0.29, 0.717) is 27.6 Å². The molecular formula is C22H21ClN4OS. The van der Waals surface area contributed by atoms with Gasteiger partial charge in [-0.1, -0.05) is 61.5 Å². The van der Waals surface area contributed by atoms with Gasteiger partial charge in [0.15, 0.2) is 10.6 Å². The van der Waals surface area contributed by atoms with Crippen molar-refractivity contribution in [2.24, 2.45) is 5.92 Å². The first-order valence-electron chi connectivity index (χ1n) is 9.46. The normalized spacial score (nSPS) is 11.4. The van der Waals surface area contributed by atoms with E-state index in [1.807, 2.05) is 18.2 Å². The van der Waals surface area contributed by atoms with Crippen LogP contribution in [-0.4, -0.2) is 19.7 Å². The molecule has 0 aliphatic rings. The molecule has 0 saturated carbocycles. The van der Waals surface area contributed by atoms with E-state index >= 15 is 0 Å². The molecule has 1 N–H and O–H groups in total. The van der Waals surface area contributed by atoms with Crippen molar-refractivity contribution in [3.63, 3.8) is 0 Å². The summed E-state index contributed by atoms with van der Waals surface area (Å²) in [4.78, 5) is 15.8. The molecule has 29 heavy (non-hydrogen) atoms. The average Bonchev–Trinajstić information content (AvgIpc) is 3.09. The highest BCUT2D eigenvalue weighted by molar-refractivity contribution is 7.98. The minimum absolute atomic E-state index is 0.0399. The molecule has 0 atom stereocenters. The zero-order valence-electron chi connectivity index (χ0n) is 16.2. The quantitative estimate of drug-likeness (QED) is 0.429. The third kappa shape index (κ3) is 4.23. The molecule has 0 fully saturated rings. The Bertz CT molecular complexity index is 1200. The maximum atomic E-state index is 12.5. The Morgan fingerprint density at radius 2 is 1.90 bits per heavy atom. The molecule has 2 aromatic carbocycles. The van der Waals surface area contributed by atoms with Crippen molar-refractivity contribution in [1.82, 2.24) is 19.7 Å². The zero-order chi connectivity index (χ0) is 20.4. The highest BCUT2D eigenvalue weighted by Gasteiger charge is 2.16. The van der Waals surface area contributed by atoms with Crippen LogP contribution in [-0.2, 0) is 12.2 Å². The fraction of sp³-hybridized carbons (Fsp3) is 0.227. The summed E-state index contributed by atoms with van der Waals surface area (Å²) in [5, 5.41) is 10.8. The fourth-order valence-corrected chi connectivity index (χ4v) is 4.34. The van der Waals surface area contributed by atoms with Gasteiger partial charge in [-0.2, -0.15) is 0 Å². The number of aromatic amines is 1. The van der Waals surface area contributed by atoms with Crippen LogP contribution in [0.3, 0.4) is 0 Å². The molecule has 4 aromatic rings. The van der Waals surface area contributed by atoms with Gasteiger partial charge in [0, 0.05) is 35.0 Å². The highest BCUT2D eigenvalue weighted by Crippen LogP contribution is 2.27. The smallest absolute Gasteiger partial charge is 0.196 e. The number of hydrogen-bond donors (Lipinski definition) is 1. The first-order valence-corrected chi connectivity index (χ1v) is 10.8. The Labute approximate surface area is 178 Å². The number of para-hydroxylation sites is 2. The lowest BCUT2D eigenvalue weighted by Crippen LogP contribution is -2.07. The monoisotopic (exact) mass is 424 g/mol. The number of halogens is 1. The summed E-state index contributed by atoms with van der Waals surface area (Å²) in [7, 11) is 0. The Kier molecular flexibility index (Phi) is 5.74. The summed E-state index contributed by atoms with van der Waals surface area (Å²) in [5.41, 5.74) is 2.46. The van der Waals surface area contributed by atoms with E-state index in [9.17, 15) is 4.79 Å². The number of fused-ring (bicyclic) bond motifs is 1. The Balaban J connectivity index is 1.67. The lowest BCUT2D eigenvalue weighted by molar-refractivity contribution is 0.608. The van der Waals surface area contributed by atoms with Crippen LogP contribution in [0.25, 0.3) is 16.6 Å². The van der Waals surface area contributed by atoms with Crippen LogP contribution < -0.4 is 5.43 Å². The Morgan fingerprint density at radius 3 is 2.66 bits per heavy atom. The van der Waals surface area contributed by atoms with Gasteiger partial charge in [0.05, 0.1) is 10.5 Å². The number of nitrogens with zero attached hydrogens (tertiary/aromatic N) is 3. The van der Waals surface area contributed by atoms with E-state index in [-0.39, 0.29) is 5.43 Å². The van der Waals surface area contributed by atoms with Gasteiger partial charge in [-0.15, -0.1) is 10.2 Å². The van der Waals surface area contributed by atoms with E-state index in [2.05, 4.69) is 45.7 Å². The molecule has 0 aliphatic heterocycles. The Morgan fingerprint density at radius 1 is 1.10 bits per heavy atom. The topological polar surface area (TPSA) is 63.6 Å². The molecule has 4 rings (SSSR count). The van der Waals surface area contributed by atoms with Crippen LogP contribution in [0.1, 0.15) is 25.4 Å². The van der Waals surface area contributed by atoms with Gasteiger partial charge in [-0.05, 0) is 30.2 Å². The van der Waals surface area contributed by atoms with Gasteiger partial charge >= 0.3 is 0 Å². The minimum atomic E-state index is -0.0399. The summed E-state index contributed by atoms with van der Waals surface area (Å²) in [6.45, 7) is 4.33. The van der Waals surface area contributed by atoms with E-state index in [4.69, 9.17) is 11.6 Å². The largest absolute Gasteiger partial charge is 0.356 e. The Hall–Kier alpha value is -2.57. The van der Waals surface area contributed by atoms with Gasteiger partial charge < -0.3 is 4.98 Å². The van der Waals surface area contributed by atoms with Crippen LogP contribution in [0.5, 0.6) is 0 Å². The fourth-order valence-electron chi connectivity index (χ4n) is 3.24. The van der Waals surface area contributed by atoms with Crippen LogP contribution >= 0.6 is 23.4 Å². The van der Waals surface area contributed by atoms with Crippen LogP contribution in [0, 0.1) is 5.92 Å². The third-order valence-electron chi connectivity index (χ3n) is 4.53. The highest BCUT2D eigenvalue weighted by atomic mass is 35.5. The van der Waals surface area contributed by atoms with Crippen molar-refractivity contribution in [2.45, 2.75) is 31.2 Å². The zero-order valence-corrected chi connectivity index (χ0v) is 17.8. The molecule has 2 aromatic heterocycles. The lowest BCUT2D eigenvalue weighted by atomic mass is 10.1. The van der Waals surface area contributed by atoms with Crippen molar-refractivity contribution in [3.8, 4) is 5.69 Å². The molecule has 5 nitrogen and oxygen atoms in total. The third-order valence-corrected chi connectivity index (χ3v) is 5.83. The number of thioether (sulfide) groups is 1. The molecule has 0 saturated heterocycles. The summed E-state index contributed by atoms with van der Waals surface area (Å²) >= 11 is 7.81. The van der Waals surface area contributed by atoms with Crippen molar-refractivity contribution in [2.75, 3.05) is 0 Å². The average molecular weight is 425 g/mol. The van der Waals surface area contributed by atoms with Crippen LogP contribution in [0.15, 0.2) is 64.5 Å². The van der Waals surface area contributed by atoms with Crippen molar-refractivity contribution in [1.29, 1.82) is 0 Å². The van der Waals surface area contributed by atoms with Crippen LogP contribution in [0.4, 0.5) is 0 Å². The summed E-state index contributed by atoms with van der Waals surface area (Å²) in [6, 6.07) is 17.1. The number of hydrogen-bond acceptors (Lipinski definition) is 4. The predicted molar refractivity (Wildman–Crippen MR) is 119 cm³/mol. The maximum absolute atomic E-state index is 12.5. The lowest BCUT2D eigenvalue weighted by Gasteiger charge is -2.11. The van der Waals surface area contributed by atoms with Gasteiger partial charge in [0.1, 0.15) is 5.82 Å². The number of benzene rings is 2. The second-order valence-corrected chi connectivity index (χ2v) is 8.63. The molecule has 7 heteroatoms. The standard InChI is InChI=1S/C22H21ClN4OS/c1-14(2)11-20-25-26-22(27(20)16-7-4-3-5-8-16)29-13-15-12-19(28)17-9-6-10-18(23)21(17)24-15/h3-10,12,14H,11,13H2,1-2H3,(H,24,28). The van der Waals surface area contributed by atoms with Crippen molar-refractivity contribution < 1.29 is 0 Å². The number of aromatic nitrogens is 4. The van der Waals surface area contributed by atoms with E-state index in [1.165, 1.54) is 0 Å². The number of H-pyrrole nitrogens is 1. The first-order chi connectivity index (χ1) is 14.0. The SMILES string of the molecule is CC(C)Cc1nnc(SCc2cc(=O)c3cccc(Cl)c3[nH]2)n1-c1ccccc1. The summed E-state index contributed by atoms with van der Waals surface area (Å²) in [5.74, 6) is 1.96. The molecule has 2 heterocycles. The second kappa shape index (κ2) is 8.43. The molecule has 148 valence electrons. The number of nitrogens with one attached hydrogen (secondary N) is 1. The molecule has 0 bridgehead atoms. The van der Waals surface area contributed by atoms with E-state index in [1.54, 1.807) is 36.0 Å². The molecule has 0 radical (unpaired) electrons. The maximum Gasteiger partial charge on any atom is 0.196 e. The second-order valence-electron chi connectivity index (χ2n) is 7.28. The van der Waals surface area contributed by atoms with Gasteiger partial charge in [-0.25, -0.2) is 0 Å². The minimum Gasteiger partial charge on any atom is -0.356 e. The summed E-state index contributed by atoms with van der Waals surface area (Å²) < 4.78 is 2.09. The molecule has 0 spiro atoms. The first kappa shape index (κ1) is 19.7. The molecule has 0 unspecified atom stereocenters.